The molecule has 1 aliphatic carbocycles. The van der Waals surface area contributed by atoms with Crippen molar-refractivity contribution in [3.8, 4) is 0 Å². The summed E-state index contributed by atoms with van der Waals surface area (Å²) in [5, 5.41) is 0. The predicted molar refractivity (Wildman–Crippen MR) is 145 cm³/mol. The van der Waals surface area contributed by atoms with E-state index >= 15 is 0 Å². The molecule has 2 fully saturated rings. The first-order chi connectivity index (χ1) is 17.7. The lowest BCUT2D eigenvalue weighted by molar-refractivity contribution is -0.126. The van der Waals surface area contributed by atoms with Gasteiger partial charge in [-0.15, -0.1) is 0 Å². The van der Waals surface area contributed by atoms with Crippen molar-refractivity contribution in [3.63, 3.8) is 0 Å². The minimum absolute atomic E-state index is 0.183. The molecule has 1 saturated carbocycles. The number of hydrogen-bond acceptors (Lipinski definition) is 5. The highest BCUT2D eigenvalue weighted by molar-refractivity contribution is 5.90. The molecule has 37 heavy (non-hydrogen) atoms. The third-order valence-corrected chi connectivity index (χ3v) is 6.91. The molecule has 0 spiro atoms. The number of amides is 2. The maximum Gasteiger partial charge on any atom is 0.410 e. The van der Waals surface area contributed by atoms with Crippen molar-refractivity contribution in [1.82, 2.24) is 15.3 Å². The van der Waals surface area contributed by atoms with Crippen LogP contribution in [0.25, 0.3) is 6.08 Å². The molecule has 1 N–H and O–H groups in total. The normalized spacial score (nSPS) is 20.5. The minimum atomic E-state index is -0.512. The fraction of sp³-hybridized carbons (Fsp3) is 0.467. The van der Waals surface area contributed by atoms with Gasteiger partial charge in [0.15, 0.2) is 0 Å². The molecule has 1 aliphatic heterocycles. The zero-order valence-corrected chi connectivity index (χ0v) is 22.4. The standard InChI is InChI=1S/C30H39N3O4/c1-30(2,3)37-29(35)33(27-20-26(27)24-8-6-5-7-9-24)25-16-18-32(19-17-25)21-23-12-10-22(11-13-23)14-15-28(34)31-36-4/h5-15,25-27H,16-21H2,1-4H3,(H,31,34)/b15-14+/t26-,27+/m0/s1. The lowest BCUT2D eigenvalue weighted by Gasteiger charge is -2.39. The van der Waals surface area contributed by atoms with Gasteiger partial charge < -0.3 is 9.64 Å². The summed E-state index contributed by atoms with van der Waals surface area (Å²) in [6.45, 7) is 8.54. The molecule has 0 bridgehead atoms. The monoisotopic (exact) mass is 505 g/mol. The second-order valence-electron chi connectivity index (χ2n) is 11.0. The van der Waals surface area contributed by atoms with Gasteiger partial charge in [-0.1, -0.05) is 54.6 Å². The number of hydrogen-bond donors (Lipinski definition) is 1. The smallest absolute Gasteiger partial charge is 0.410 e. The Balaban J connectivity index is 1.34. The lowest BCUT2D eigenvalue weighted by atomic mass is 10.0. The van der Waals surface area contributed by atoms with Crippen molar-refractivity contribution >= 4 is 18.1 Å². The van der Waals surface area contributed by atoms with Gasteiger partial charge in [0.25, 0.3) is 5.91 Å². The maximum atomic E-state index is 13.3. The first kappa shape index (κ1) is 26.9. The van der Waals surface area contributed by atoms with Crippen LogP contribution in [0.4, 0.5) is 4.79 Å². The van der Waals surface area contributed by atoms with Crippen molar-refractivity contribution < 1.29 is 19.2 Å². The van der Waals surface area contributed by atoms with Gasteiger partial charge in [-0.3, -0.25) is 14.5 Å². The van der Waals surface area contributed by atoms with E-state index in [9.17, 15) is 9.59 Å². The van der Waals surface area contributed by atoms with Crippen LogP contribution in [-0.2, 0) is 20.9 Å². The van der Waals surface area contributed by atoms with Crippen LogP contribution >= 0.6 is 0 Å². The number of nitrogens with one attached hydrogen (secondary N) is 1. The van der Waals surface area contributed by atoms with Crippen molar-refractivity contribution in [1.29, 1.82) is 0 Å². The zero-order chi connectivity index (χ0) is 26.4. The van der Waals surface area contributed by atoms with Crippen LogP contribution in [0.5, 0.6) is 0 Å². The van der Waals surface area contributed by atoms with E-state index < -0.39 is 5.60 Å². The largest absolute Gasteiger partial charge is 0.444 e. The number of piperidine rings is 1. The van der Waals surface area contributed by atoms with Gasteiger partial charge in [-0.05, 0) is 62.8 Å². The number of hydroxylamine groups is 1. The quantitative estimate of drug-likeness (QED) is 0.398. The molecular weight excluding hydrogens is 466 g/mol. The molecule has 198 valence electrons. The van der Waals surface area contributed by atoms with Crippen molar-refractivity contribution in [2.24, 2.45) is 0 Å². The summed E-state index contributed by atoms with van der Waals surface area (Å²) in [5.41, 5.74) is 5.24. The maximum absolute atomic E-state index is 13.3. The average molecular weight is 506 g/mol. The number of ether oxygens (including phenoxy) is 1. The Hall–Kier alpha value is -3.16. The summed E-state index contributed by atoms with van der Waals surface area (Å²) < 4.78 is 5.86. The third kappa shape index (κ3) is 7.66. The predicted octanol–water partition coefficient (Wildman–Crippen LogP) is 5.14. The van der Waals surface area contributed by atoms with Crippen LogP contribution in [0.3, 0.4) is 0 Å². The highest BCUT2D eigenvalue weighted by atomic mass is 16.6. The van der Waals surface area contributed by atoms with E-state index in [1.807, 2.05) is 39.0 Å². The summed E-state index contributed by atoms with van der Waals surface area (Å²) in [4.78, 5) is 33.9. The molecule has 0 radical (unpaired) electrons. The van der Waals surface area contributed by atoms with Crippen molar-refractivity contribution in [2.75, 3.05) is 20.2 Å². The summed E-state index contributed by atoms with van der Waals surface area (Å²) in [5.74, 6) is 0.0936. The van der Waals surface area contributed by atoms with Gasteiger partial charge in [0, 0.05) is 43.7 Å². The first-order valence-corrected chi connectivity index (χ1v) is 13.1. The number of carbonyl (C=O) groups excluding carboxylic acids is 2. The Kier molecular flexibility index (Phi) is 8.67. The van der Waals surface area contributed by atoms with E-state index in [2.05, 4.69) is 56.5 Å². The van der Waals surface area contributed by atoms with E-state index in [-0.39, 0.29) is 24.1 Å². The van der Waals surface area contributed by atoms with Crippen LogP contribution < -0.4 is 5.48 Å². The molecule has 2 amide bonds. The van der Waals surface area contributed by atoms with Gasteiger partial charge in [0.2, 0.25) is 0 Å². The average Bonchev–Trinajstić information content (AvgIpc) is 3.65. The minimum Gasteiger partial charge on any atom is -0.444 e. The highest BCUT2D eigenvalue weighted by Crippen LogP contribution is 2.46. The SMILES string of the molecule is CONC(=O)/C=C/c1ccc(CN2CCC(N(C(=O)OC(C)(C)C)[C@@H]3C[C@H]3c3ccccc3)CC2)cc1. The molecule has 1 saturated heterocycles. The summed E-state index contributed by atoms with van der Waals surface area (Å²) in [6.07, 6.45) is 5.89. The van der Waals surface area contributed by atoms with Crippen molar-refractivity contribution in [3.05, 3.63) is 77.4 Å². The molecule has 2 aromatic rings. The summed E-state index contributed by atoms with van der Waals surface area (Å²) >= 11 is 0. The fourth-order valence-electron chi connectivity index (χ4n) is 5.07. The van der Waals surface area contributed by atoms with Crippen LogP contribution in [0.15, 0.2) is 60.7 Å². The number of likely N-dealkylation sites (tertiary alicyclic amines) is 1. The molecule has 1 heterocycles. The lowest BCUT2D eigenvalue weighted by Crippen LogP contribution is -2.50. The second kappa shape index (κ2) is 11.9. The third-order valence-electron chi connectivity index (χ3n) is 6.91. The van der Waals surface area contributed by atoms with E-state index in [0.717, 1.165) is 44.5 Å². The number of carbonyl (C=O) groups is 2. The molecular formula is C30H39N3O4. The summed E-state index contributed by atoms with van der Waals surface area (Å²) in [7, 11) is 1.41. The number of benzene rings is 2. The van der Waals surface area contributed by atoms with Gasteiger partial charge in [-0.25, -0.2) is 10.3 Å². The van der Waals surface area contributed by atoms with E-state index in [0.29, 0.717) is 5.92 Å². The van der Waals surface area contributed by atoms with Gasteiger partial charge in [-0.2, -0.15) is 0 Å². The van der Waals surface area contributed by atoms with Crippen molar-refractivity contribution in [2.45, 2.75) is 70.2 Å². The zero-order valence-electron chi connectivity index (χ0n) is 22.4. The van der Waals surface area contributed by atoms with Crippen LogP contribution in [-0.4, -0.2) is 59.7 Å². The Morgan fingerprint density at radius 2 is 1.73 bits per heavy atom. The summed E-state index contributed by atoms with van der Waals surface area (Å²) in [6, 6.07) is 19.1. The molecule has 4 rings (SSSR count). The fourth-order valence-corrected chi connectivity index (χ4v) is 5.07. The first-order valence-electron chi connectivity index (χ1n) is 13.1. The van der Waals surface area contributed by atoms with E-state index in [1.54, 1.807) is 6.08 Å². The molecule has 2 atom stereocenters. The molecule has 0 aromatic heterocycles. The Morgan fingerprint density at radius 1 is 1.05 bits per heavy atom. The topological polar surface area (TPSA) is 71.1 Å². The van der Waals surface area contributed by atoms with Gasteiger partial charge in [0.05, 0.1) is 7.11 Å². The Labute approximate surface area is 220 Å². The molecule has 0 unspecified atom stereocenters. The Bertz CT molecular complexity index is 1070. The highest BCUT2D eigenvalue weighted by Gasteiger charge is 2.48. The second-order valence-corrected chi connectivity index (χ2v) is 11.0. The molecule has 2 aromatic carbocycles. The van der Waals surface area contributed by atoms with Gasteiger partial charge in [0.1, 0.15) is 5.60 Å². The van der Waals surface area contributed by atoms with Crippen LogP contribution in [0, 0.1) is 0 Å². The van der Waals surface area contributed by atoms with E-state index in [4.69, 9.17) is 4.74 Å². The molecule has 7 heteroatoms. The van der Waals surface area contributed by atoms with Gasteiger partial charge >= 0.3 is 6.09 Å². The molecule has 7 nitrogen and oxygen atoms in total. The number of nitrogens with zero attached hydrogens (tertiary/aromatic N) is 2. The number of rotatable bonds is 8. The van der Waals surface area contributed by atoms with E-state index in [1.165, 1.54) is 24.3 Å². The van der Waals surface area contributed by atoms with Crippen LogP contribution in [0.2, 0.25) is 0 Å². The van der Waals surface area contributed by atoms with Crippen LogP contribution in [0.1, 0.15) is 62.6 Å². The Morgan fingerprint density at radius 3 is 2.35 bits per heavy atom. The molecule has 2 aliphatic rings.